The number of allylic oxidation sites excluding steroid dienone is 1. The molecule has 5 nitrogen and oxygen atoms in total. The zero-order valence-corrected chi connectivity index (χ0v) is 18.1. The number of benzene rings is 2. The van der Waals surface area contributed by atoms with Crippen molar-refractivity contribution in [2.45, 2.75) is 39.2 Å². The highest BCUT2D eigenvalue weighted by molar-refractivity contribution is 8.04. The minimum absolute atomic E-state index is 0.0189. The Hall–Kier alpha value is -2.73. The summed E-state index contributed by atoms with van der Waals surface area (Å²) in [7, 11) is 0. The third kappa shape index (κ3) is 4.38. The van der Waals surface area contributed by atoms with Gasteiger partial charge in [0.2, 0.25) is 0 Å². The number of fused-ring (bicyclic) bond motifs is 1. The molecule has 1 aliphatic heterocycles. The summed E-state index contributed by atoms with van der Waals surface area (Å²) in [6, 6.07) is 13.7. The van der Waals surface area contributed by atoms with Crippen LogP contribution in [-0.4, -0.2) is 24.2 Å². The number of carbonyl (C=O) groups excluding carboxylic acids is 2. The summed E-state index contributed by atoms with van der Waals surface area (Å²) in [6.45, 7) is 4.34. The Morgan fingerprint density at radius 3 is 2.77 bits per heavy atom. The maximum absolute atomic E-state index is 13.0. The largest absolute Gasteiger partial charge is 0.496 e. The van der Waals surface area contributed by atoms with Crippen LogP contribution in [0.1, 0.15) is 52.9 Å². The molecule has 2 aliphatic rings. The van der Waals surface area contributed by atoms with E-state index in [9.17, 15) is 9.59 Å². The highest BCUT2D eigenvalue weighted by Crippen LogP contribution is 2.30. The lowest BCUT2D eigenvalue weighted by Crippen LogP contribution is -2.31. The van der Waals surface area contributed by atoms with Gasteiger partial charge in [-0.15, -0.1) is 11.8 Å². The van der Waals surface area contributed by atoms with Crippen LogP contribution in [0.3, 0.4) is 0 Å². The molecule has 2 amide bonds. The quantitative estimate of drug-likeness (QED) is 0.747. The number of anilines is 1. The summed E-state index contributed by atoms with van der Waals surface area (Å²) in [5.74, 6) is 1.08. The van der Waals surface area contributed by atoms with E-state index in [2.05, 4.69) is 22.8 Å². The van der Waals surface area contributed by atoms with Gasteiger partial charge in [0.15, 0.2) is 0 Å². The number of ether oxygens (including phenoxy) is 1. The Labute approximate surface area is 181 Å². The number of aryl methyl sites for hydroxylation is 2. The Balaban J connectivity index is 1.50. The summed E-state index contributed by atoms with van der Waals surface area (Å²) < 4.78 is 5.49. The van der Waals surface area contributed by atoms with Crippen LogP contribution >= 0.6 is 11.8 Å². The average Bonchev–Trinajstić information content (AvgIpc) is 2.75. The fraction of sp³-hybridized carbons (Fsp3) is 0.333. The molecule has 6 heteroatoms. The molecule has 30 heavy (non-hydrogen) atoms. The summed E-state index contributed by atoms with van der Waals surface area (Å²) in [5, 5.41) is 6.12. The molecule has 1 unspecified atom stereocenters. The van der Waals surface area contributed by atoms with Crippen LogP contribution in [0.4, 0.5) is 5.69 Å². The fourth-order valence-corrected chi connectivity index (χ4v) is 4.77. The number of rotatable bonds is 4. The van der Waals surface area contributed by atoms with Crippen molar-refractivity contribution in [2.75, 3.05) is 17.7 Å². The second-order valence-electron chi connectivity index (χ2n) is 7.68. The number of hydrogen-bond acceptors (Lipinski definition) is 4. The predicted octanol–water partition coefficient (Wildman–Crippen LogP) is 4.74. The SMILES string of the molecule is CC1=C(C(=O)Nc2cc(C(=O)NC3CCCc4ccccc43)ccc2C)SCCO1. The van der Waals surface area contributed by atoms with E-state index in [0.29, 0.717) is 28.5 Å². The Kier molecular flexibility index (Phi) is 6.13. The van der Waals surface area contributed by atoms with Gasteiger partial charge in [0.1, 0.15) is 10.7 Å². The van der Waals surface area contributed by atoms with E-state index in [1.165, 1.54) is 22.9 Å². The second-order valence-corrected chi connectivity index (χ2v) is 8.79. The van der Waals surface area contributed by atoms with Crippen molar-refractivity contribution in [3.63, 3.8) is 0 Å². The van der Waals surface area contributed by atoms with Gasteiger partial charge < -0.3 is 15.4 Å². The molecule has 0 saturated carbocycles. The molecule has 0 spiro atoms. The van der Waals surface area contributed by atoms with Crippen molar-refractivity contribution in [2.24, 2.45) is 0 Å². The van der Waals surface area contributed by atoms with E-state index in [1.807, 2.05) is 25.1 Å². The highest BCUT2D eigenvalue weighted by Gasteiger charge is 2.23. The molecule has 1 heterocycles. The number of amides is 2. The lowest BCUT2D eigenvalue weighted by molar-refractivity contribution is -0.112. The van der Waals surface area contributed by atoms with Gasteiger partial charge in [0.25, 0.3) is 11.8 Å². The van der Waals surface area contributed by atoms with Crippen molar-refractivity contribution in [3.8, 4) is 0 Å². The Bertz CT molecular complexity index is 1020. The lowest BCUT2D eigenvalue weighted by atomic mass is 9.87. The predicted molar refractivity (Wildman–Crippen MR) is 121 cm³/mol. The number of thioether (sulfide) groups is 1. The minimum atomic E-state index is -0.195. The minimum Gasteiger partial charge on any atom is -0.496 e. The van der Waals surface area contributed by atoms with Crippen LogP contribution in [0.25, 0.3) is 0 Å². The van der Waals surface area contributed by atoms with Crippen molar-refractivity contribution in [1.29, 1.82) is 0 Å². The van der Waals surface area contributed by atoms with Gasteiger partial charge in [-0.25, -0.2) is 0 Å². The first-order valence-electron chi connectivity index (χ1n) is 10.3. The van der Waals surface area contributed by atoms with Gasteiger partial charge in [0, 0.05) is 17.0 Å². The Morgan fingerprint density at radius 2 is 1.93 bits per heavy atom. The third-order valence-electron chi connectivity index (χ3n) is 5.60. The smallest absolute Gasteiger partial charge is 0.265 e. The number of nitrogens with one attached hydrogen (secondary N) is 2. The first kappa shape index (κ1) is 20.5. The highest BCUT2D eigenvalue weighted by atomic mass is 32.2. The maximum Gasteiger partial charge on any atom is 0.265 e. The van der Waals surface area contributed by atoms with Gasteiger partial charge in [-0.1, -0.05) is 30.3 Å². The molecule has 2 N–H and O–H groups in total. The first-order chi connectivity index (χ1) is 14.5. The molecule has 2 aromatic carbocycles. The monoisotopic (exact) mass is 422 g/mol. The summed E-state index contributed by atoms with van der Waals surface area (Å²) >= 11 is 1.50. The molecule has 0 aromatic heterocycles. The van der Waals surface area contributed by atoms with Crippen molar-refractivity contribution < 1.29 is 14.3 Å². The van der Waals surface area contributed by atoms with Gasteiger partial charge in [-0.05, 0) is 61.9 Å². The molecule has 2 aromatic rings. The third-order valence-corrected chi connectivity index (χ3v) is 6.73. The Morgan fingerprint density at radius 1 is 1.10 bits per heavy atom. The molecule has 1 atom stereocenters. The number of hydrogen-bond donors (Lipinski definition) is 2. The average molecular weight is 423 g/mol. The summed E-state index contributed by atoms with van der Waals surface area (Å²) in [5.41, 5.74) is 4.60. The molecule has 1 aliphatic carbocycles. The molecule has 4 rings (SSSR count). The van der Waals surface area contributed by atoms with Crippen LogP contribution in [0.15, 0.2) is 53.1 Å². The van der Waals surface area contributed by atoms with Crippen LogP contribution < -0.4 is 10.6 Å². The topological polar surface area (TPSA) is 67.4 Å². The van der Waals surface area contributed by atoms with Crippen molar-refractivity contribution >= 4 is 29.3 Å². The van der Waals surface area contributed by atoms with E-state index in [0.717, 1.165) is 30.6 Å². The lowest BCUT2D eigenvalue weighted by Gasteiger charge is -2.26. The van der Waals surface area contributed by atoms with Crippen molar-refractivity contribution in [1.82, 2.24) is 5.32 Å². The molecular formula is C24H26N2O3S. The fourth-order valence-electron chi connectivity index (χ4n) is 3.95. The maximum atomic E-state index is 13.0. The molecular weight excluding hydrogens is 396 g/mol. The van der Waals surface area contributed by atoms with Crippen LogP contribution in [0.2, 0.25) is 0 Å². The van der Waals surface area contributed by atoms with E-state index < -0.39 is 0 Å². The first-order valence-corrected chi connectivity index (χ1v) is 11.3. The van der Waals surface area contributed by atoms with E-state index in [4.69, 9.17) is 4.74 Å². The van der Waals surface area contributed by atoms with E-state index in [1.54, 1.807) is 19.1 Å². The standard InChI is InChI=1S/C24H26N2O3S/c1-15-10-11-18(14-21(15)26-24(28)22-16(2)29-12-13-30-22)23(27)25-20-9-5-7-17-6-3-4-8-19(17)20/h3-4,6,8,10-11,14,20H,5,7,9,12-13H2,1-2H3,(H,25,27)(H,26,28). The van der Waals surface area contributed by atoms with Gasteiger partial charge in [0.05, 0.1) is 12.6 Å². The second kappa shape index (κ2) is 8.96. The van der Waals surface area contributed by atoms with Crippen LogP contribution in [-0.2, 0) is 16.0 Å². The summed E-state index contributed by atoms with van der Waals surface area (Å²) in [4.78, 5) is 26.3. The zero-order valence-electron chi connectivity index (χ0n) is 17.3. The van der Waals surface area contributed by atoms with Crippen LogP contribution in [0.5, 0.6) is 0 Å². The van der Waals surface area contributed by atoms with Crippen molar-refractivity contribution in [3.05, 3.63) is 75.4 Å². The molecule has 0 radical (unpaired) electrons. The molecule has 0 bridgehead atoms. The normalized spacial score (nSPS) is 18.3. The van der Waals surface area contributed by atoms with Gasteiger partial charge in [-0.3, -0.25) is 9.59 Å². The zero-order chi connectivity index (χ0) is 21.1. The number of carbonyl (C=O) groups is 2. The molecule has 0 fully saturated rings. The molecule has 0 saturated heterocycles. The molecule has 156 valence electrons. The van der Waals surface area contributed by atoms with E-state index >= 15 is 0 Å². The van der Waals surface area contributed by atoms with Gasteiger partial charge >= 0.3 is 0 Å². The van der Waals surface area contributed by atoms with Crippen LogP contribution in [0, 0.1) is 6.92 Å². The van der Waals surface area contributed by atoms with Gasteiger partial charge in [-0.2, -0.15) is 0 Å². The van der Waals surface area contributed by atoms with E-state index in [-0.39, 0.29) is 17.9 Å². The summed E-state index contributed by atoms with van der Waals surface area (Å²) in [6.07, 6.45) is 3.05.